The molecule has 0 bridgehead atoms. The van der Waals surface area contributed by atoms with Gasteiger partial charge in [-0.15, -0.1) is 0 Å². The quantitative estimate of drug-likeness (QED) is 0.0634. The Kier molecular flexibility index (Phi) is 19.1. The van der Waals surface area contributed by atoms with E-state index in [1.807, 2.05) is 43.3 Å². The van der Waals surface area contributed by atoms with E-state index in [0.717, 1.165) is 43.2 Å². The van der Waals surface area contributed by atoms with Crippen LogP contribution in [0.25, 0.3) is 0 Å². The van der Waals surface area contributed by atoms with Gasteiger partial charge in [0.05, 0.1) is 43.6 Å². The number of pyridine rings is 1. The van der Waals surface area contributed by atoms with Crippen molar-refractivity contribution < 1.29 is 39.3 Å². The van der Waals surface area contributed by atoms with Crippen molar-refractivity contribution in [1.29, 1.82) is 0 Å². The van der Waals surface area contributed by atoms with E-state index in [0.29, 0.717) is 25.0 Å². The van der Waals surface area contributed by atoms with Gasteiger partial charge in [-0.3, -0.25) is 29.0 Å². The van der Waals surface area contributed by atoms with Crippen LogP contribution in [0.4, 0.5) is 0 Å². The summed E-state index contributed by atoms with van der Waals surface area (Å²) < 4.78 is 0. The summed E-state index contributed by atoms with van der Waals surface area (Å²) in [5.74, 6) is -2.87. The Morgan fingerprint density at radius 1 is 0.817 bits per heavy atom. The second kappa shape index (κ2) is 24.2. The van der Waals surface area contributed by atoms with Crippen LogP contribution in [0, 0.1) is 11.8 Å². The minimum Gasteiger partial charge on any atom is -0.394 e. The molecular formula is C44H64N8O8. The van der Waals surface area contributed by atoms with E-state index in [2.05, 4.69) is 41.5 Å². The molecule has 1 fully saturated rings. The fourth-order valence-electron chi connectivity index (χ4n) is 7.38. The molecule has 4 rings (SSSR count). The van der Waals surface area contributed by atoms with Crippen molar-refractivity contribution >= 4 is 29.5 Å². The summed E-state index contributed by atoms with van der Waals surface area (Å²) in [4.78, 5) is 79.7. The van der Waals surface area contributed by atoms with Gasteiger partial charge in [-0.25, -0.2) is 4.98 Å². The van der Waals surface area contributed by atoms with Gasteiger partial charge >= 0.3 is 0 Å². The molecule has 16 heteroatoms. The van der Waals surface area contributed by atoms with Crippen LogP contribution in [-0.2, 0) is 43.2 Å². The molecule has 2 aromatic heterocycles. The SMILES string of the molecule is CC[C@H](C)[C@H](NC(=O)C[C@H](O)[C@H](CC1CCCCC1)NC(=O)[C@H](Cc1cnc[nH]1)NC(=O)[C@H](Cc1ccccc1)NC(=O)CCc1cccnc1)C(=O)NC(C)(CO)CO. The molecule has 1 aromatic carbocycles. The molecule has 5 amide bonds. The van der Waals surface area contributed by atoms with E-state index in [-0.39, 0.29) is 37.0 Å². The summed E-state index contributed by atoms with van der Waals surface area (Å²) in [6, 6.07) is 8.79. The lowest BCUT2D eigenvalue weighted by atomic mass is 9.83. The van der Waals surface area contributed by atoms with Gasteiger partial charge in [0.25, 0.3) is 0 Å². The Morgan fingerprint density at radius 3 is 2.13 bits per heavy atom. The van der Waals surface area contributed by atoms with E-state index >= 15 is 0 Å². The zero-order chi connectivity index (χ0) is 43.5. The third kappa shape index (κ3) is 15.4. The monoisotopic (exact) mass is 832 g/mol. The largest absolute Gasteiger partial charge is 0.394 e. The zero-order valence-electron chi connectivity index (χ0n) is 35.1. The van der Waals surface area contributed by atoms with Crippen molar-refractivity contribution in [2.45, 2.75) is 134 Å². The minimum absolute atomic E-state index is 0.0175. The number of aromatic amines is 1. The Morgan fingerprint density at radius 2 is 1.50 bits per heavy atom. The number of aryl methyl sites for hydroxylation is 1. The van der Waals surface area contributed by atoms with Gasteiger partial charge in [0.15, 0.2) is 0 Å². The number of rotatable bonds is 24. The Labute approximate surface area is 352 Å². The molecule has 0 aliphatic heterocycles. The number of amides is 5. The van der Waals surface area contributed by atoms with Crippen molar-refractivity contribution in [2.75, 3.05) is 13.2 Å². The molecule has 2 heterocycles. The number of aromatic nitrogens is 3. The highest BCUT2D eigenvalue weighted by atomic mass is 16.3. The van der Waals surface area contributed by atoms with Crippen molar-refractivity contribution in [3.05, 3.63) is 84.2 Å². The van der Waals surface area contributed by atoms with Crippen LogP contribution in [0.2, 0.25) is 0 Å². The number of aliphatic hydroxyl groups is 3. The Hall–Kier alpha value is -5.19. The first-order valence-electron chi connectivity index (χ1n) is 21.1. The molecule has 0 saturated heterocycles. The number of nitrogens with zero attached hydrogens (tertiary/aromatic N) is 2. The van der Waals surface area contributed by atoms with Gasteiger partial charge in [0.2, 0.25) is 29.5 Å². The standard InChI is InChI=1S/C44H64N8O8/c1-4-29(2)40(43(60)52-44(3,26-53)27-54)51-39(57)23-37(55)34(20-30-12-7-5-8-13-30)49-42(59)36(22-33-25-46-28-47-33)50-41(58)35(21-31-14-9-6-10-15-31)48-38(56)18-17-32-16-11-19-45-24-32/h6,9-11,14-16,19,24-25,28-30,34-37,40,53-55H,4-5,7-8,12-13,17-18,20-23,26-27H2,1-3H3,(H,46,47)(H,48,56)(H,49,59)(H,50,58)(H,51,57)(H,52,60)/t29-,34-,35-,36-,37-,40-/m0/s1. The smallest absolute Gasteiger partial charge is 0.243 e. The number of hydrogen-bond donors (Lipinski definition) is 9. The van der Waals surface area contributed by atoms with Crippen molar-refractivity contribution in [1.82, 2.24) is 41.5 Å². The maximum atomic E-state index is 14.3. The summed E-state index contributed by atoms with van der Waals surface area (Å²) in [6.07, 6.45) is 11.1. The summed E-state index contributed by atoms with van der Waals surface area (Å²) >= 11 is 0. The summed E-state index contributed by atoms with van der Waals surface area (Å²) in [5, 5.41) is 45.2. The number of H-pyrrole nitrogens is 1. The van der Waals surface area contributed by atoms with Crippen LogP contribution in [0.15, 0.2) is 67.4 Å². The number of benzene rings is 1. The number of nitrogens with one attached hydrogen (secondary N) is 6. The summed E-state index contributed by atoms with van der Waals surface area (Å²) in [5.41, 5.74) is 0.933. The maximum Gasteiger partial charge on any atom is 0.243 e. The van der Waals surface area contributed by atoms with Gasteiger partial charge in [0, 0.05) is 43.5 Å². The normalized spacial score (nSPS) is 16.3. The van der Waals surface area contributed by atoms with Crippen LogP contribution >= 0.6 is 0 Å². The third-order valence-electron chi connectivity index (χ3n) is 11.3. The summed E-state index contributed by atoms with van der Waals surface area (Å²) in [6.45, 7) is 4.09. The highest BCUT2D eigenvalue weighted by Crippen LogP contribution is 2.28. The molecule has 16 nitrogen and oxygen atoms in total. The highest BCUT2D eigenvalue weighted by molar-refractivity contribution is 5.93. The predicted octanol–water partition coefficient (Wildman–Crippen LogP) is 1.79. The maximum absolute atomic E-state index is 14.3. The first-order valence-corrected chi connectivity index (χ1v) is 21.1. The van der Waals surface area contributed by atoms with Crippen LogP contribution in [0.1, 0.15) is 95.4 Å². The lowest BCUT2D eigenvalue weighted by molar-refractivity contribution is -0.134. The molecular weight excluding hydrogens is 769 g/mol. The topological polar surface area (TPSA) is 248 Å². The molecule has 1 aliphatic carbocycles. The minimum atomic E-state index is -1.36. The molecule has 0 unspecified atom stereocenters. The molecule has 3 aromatic rings. The van der Waals surface area contributed by atoms with Gasteiger partial charge in [0.1, 0.15) is 18.1 Å². The Balaban J connectivity index is 1.53. The van der Waals surface area contributed by atoms with Crippen molar-refractivity contribution in [3.63, 3.8) is 0 Å². The molecule has 9 N–H and O–H groups in total. The third-order valence-corrected chi connectivity index (χ3v) is 11.3. The van der Waals surface area contributed by atoms with Gasteiger partial charge in [-0.1, -0.05) is 88.8 Å². The average Bonchev–Trinajstić information content (AvgIpc) is 3.78. The van der Waals surface area contributed by atoms with E-state index in [1.54, 1.807) is 31.6 Å². The first kappa shape index (κ1) is 47.5. The zero-order valence-corrected chi connectivity index (χ0v) is 35.1. The molecule has 0 radical (unpaired) electrons. The molecule has 0 spiro atoms. The van der Waals surface area contributed by atoms with Crippen LogP contribution in [0.3, 0.4) is 0 Å². The number of imidazole rings is 1. The van der Waals surface area contributed by atoms with Crippen LogP contribution in [-0.4, -0.2) is 109 Å². The summed E-state index contributed by atoms with van der Waals surface area (Å²) in [7, 11) is 0. The lowest BCUT2D eigenvalue weighted by Gasteiger charge is -2.33. The van der Waals surface area contributed by atoms with Gasteiger partial charge < -0.3 is 46.9 Å². The molecule has 1 saturated carbocycles. The van der Waals surface area contributed by atoms with Crippen LogP contribution < -0.4 is 26.6 Å². The van der Waals surface area contributed by atoms with Gasteiger partial charge in [-0.2, -0.15) is 0 Å². The highest BCUT2D eigenvalue weighted by Gasteiger charge is 2.35. The number of hydrogen-bond acceptors (Lipinski definition) is 10. The number of carbonyl (C=O) groups excluding carboxylic acids is 5. The fraction of sp³-hybridized carbons (Fsp3) is 0.568. The van der Waals surface area contributed by atoms with Crippen LogP contribution in [0.5, 0.6) is 0 Å². The van der Waals surface area contributed by atoms with Crippen molar-refractivity contribution in [2.24, 2.45) is 11.8 Å². The van der Waals surface area contributed by atoms with Gasteiger partial charge in [-0.05, 0) is 48.8 Å². The number of carbonyl (C=O) groups is 5. The average molecular weight is 833 g/mol. The second-order valence-corrected chi connectivity index (χ2v) is 16.4. The van der Waals surface area contributed by atoms with E-state index < -0.39 is 79.1 Å². The first-order chi connectivity index (χ1) is 28.8. The molecule has 6 atom stereocenters. The molecule has 60 heavy (non-hydrogen) atoms. The van der Waals surface area contributed by atoms with Crippen molar-refractivity contribution in [3.8, 4) is 0 Å². The lowest BCUT2D eigenvalue weighted by Crippen LogP contribution is -2.59. The fourth-order valence-corrected chi connectivity index (χ4v) is 7.38. The van der Waals surface area contributed by atoms with E-state index in [9.17, 15) is 39.3 Å². The Bertz CT molecular complexity index is 1770. The number of aliphatic hydroxyl groups excluding tert-OH is 3. The van der Waals surface area contributed by atoms with E-state index in [4.69, 9.17) is 0 Å². The second-order valence-electron chi connectivity index (χ2n) is 16.4. The molecule has 328 valence electrons. The predicted molar refractivity (Wildman–Crippen MR) is 225 cm³/mol. The van der Waals surface area contributed by atoms with E-state index in [1.165, 1.54) is 13.3 Å². The molecule has 1 aliphatic rings.